The first-order valence-corrected chi connectivity index (χ1v) is 8.35. The lowest BCUT2D eigenvalue weighted by Crippen LogP contribution is -1.76. The zero-order valence-electron chi connectivity index (χ0n) is 13.8. The van der Waals surface area contributed by atoms with Crippen LogP contribution in [0.1, 0.15) is 11.1 Å². The smallest absolute Gasteiger partial charge is 0.0907 e. The summed E-state index contributed by atoms with van der Waals surface area (Å²) in [5.74, 6) is 0. The van der Waals surface area contributed by atoms with Gasteiger partial charge in [0.15, 0.2) is 0 Å². The van der Waals surface area contributed by atoms with Crippen LogP contribution in [-0.2, 0) is 4.74 Å². The molecule has 0 atom stereocenters. The summed E-state index contributed by atoms with van der Waals surface area (Å²) in [6, 6.07) is 29.4. The number of rotatable bonds is 4. The minimum absolute atomic E-state index is 1.12. The molecule has 0 fully saturated rings. The van der Waals surface area contributed by atoms with Gasteiger partial charge >= 0.3 is 0 Å². The summed E-state index contributed by atoms with van der Waals surface area (Å²) < 4.78 is 5.50. The van der Waals surface area contributed by atoms with E-state index in [9.17, 15) is 0 Å². The second-order valence-electron chi connectivity index (χ2n) is 5.95. The standard InChI is InChI=1S/C24H18O/c1-3-7-23-17-19(9-11-21(23)5-1)13-15-25-16-14-20-10-12-22-6-2-4-8-24(22)18-20/h1-18H/b15-13+,16-14+. The summed E-state index contributed by atoms with van der Waals surface area (Å²) >= 11 is 0. The molecule has 0 saturated carbocycles. The Balaban J connectivity index is 1.43. The maximum Gasteiger partial charge on any atom is 0.0907 e. The van der Waals surface area contributed by atoms with Crippen molar-refractivity contribution in [2.45, 2.75) is 0 Å². The van der Waals surface area contributed by atoms with Crippen molar-refractivity contribution in [1.82, 2.24) is 0 Å². The molecule has 0 saturated heterocycles. The monoisotopic (exact) mass is 322 g/mol. The van der Waals surface area contributed by atoms with E-state index in [1.54, 1.807) is 12.5 Å². The fraction of sp³-hybridized carbons (Fsp3) is 0. The van der Waals surface area contributed by atoms with Crippen LogP contribution < -0.4 is 0 Å². The lowest BCUT2D eigenvalue weighted by atomic mass is 10.1. The van der Waals surface area contributed by atoms with E-state index in [0.29, 0.717) is 0 Å². The predicted molar refractivity (Wildman–Crippen MR) is 107 cm³/mol. The fourth-order valence-corrected chi connectivity index (χ4v) is 2.90. The topological polar surface area (TPSA) is 9.23 Å². The van der Waals surface area contributed by atoms with Crippen LogP contribution >= 0.6 is 0 Å². The number of fused-ring (bicyclic) bond motifs is 2. The third-order valence-electron chi connectivity index (χ3n) is 4.23. The van der Waals surface area contributed by atoms with E-state index in [4.69, 9.17) is 4.74 Å². The molecule has 4 aromatic carbocycles. The van der Waals surface area contributed by atoms with Crippen molar-refractivity contribution in [2.24, 2.45) is 0 Å². The maximum absolute atomic E-state index is 5.50. The van der Waals surface area contributed by atoms with Gasteiger partial charge in [-0.1, -0.05) is 72.8 Å². The molecule has 0 heterocycles. The maximum atomic E-state index is 5.50. The van der Waals surface area contributed by atoms with Crippen molar-refractivity contribution in [2.75, 3.05) is 0 Å². The average molecular weight is 322 g/mol. The molecule has 0 spiro atoms. The molecule has 0 aromatic heterocycles. The van der Waals surface area contributed by atoms with Gasteiger partial charge in [-0.15, -0.1) is 0 Å². The Kier molecular flexibility index (Phi) is 4.30. The molecule has 4 rings (SSSR count). The van der Waals surface area contributed by atoms with Crippen LogP contribution in [0.25, 0.3) is 33.7 Å². The molecule has 0 aliphatic rings. The molecule has 120 valence electrons. The highest BCUT2D eigenvalue weighted by molar-refractivity contribution is 5.85. The van der Waals surface area contributed by atoms with Crippen molar-refractivity contribution in [3.05, 3.63) is 109 Å². The van der Waals surface area contributed by atoms with Gasteiger partial charge < -0.3 is 4.74 Å². The van der Waals surface area contributed by atoms with Crippen molar-refractivity contribution in [1.29, 1.82) is 0 Å². The van der Waals surface area contributed by atoms with Crippen molar-refractivity contribution in [3.63, 3.8) is 0 Å². The van der Waals surface area contributed by atoms with Gasteiger partial charge in [0.25, 0.3) is 0 Å². The second kappa shape index (κ2) is 7.06. The van der Waals surface area contributed by atoms with E-state index in [1.807, 2.05) is 12.2 Å². The molecule has 1 heteroatoms. The Bertz CT molecular complexity index is 986. The summed E-state index contributed by atoms with van der Waals surface area (Å²) in [7, 11) is 0. The first kappa shape index (κ1) is 15.2. The van der Waals surface area contributed by atoms with Gasteiger partial charge in [0.1, 0.15) is 0 Å². The molecule has 1 nitrogen and oxygen atoms in total. The third kappa shape index (κ3) is 3.61. The molecule has 0 aliphatic carbocycles. The van der Waals surface area contributed by atoms with E-state index in [-0.39, 0.29) is 0 Å². The molecule has 0 radical (unpaired) electrons. The van der Waals surface area contributed by atoms with Crippen LogP contribution in [0.15, 0.2) is 97.5 Å². The zero-order valence-corrected chi connectivity index (χ0v) is 13.8. The highest BCUT2D eigenvalue weighted by atomic mass is 16.5. The van der Waals surface area contributed by atoms with Crippen LogP contribution in [0.4, 0.5) is 0 Å². The molecule has 25 heavy (non-hydrogen) atoms. The molecular weight excluding hydrogens is 304 g/mol. The minimum Gasteiger partial charge on any atom is -0.473 e. The molecule has 0 amide bonds. The van der Waals surface area contributed by atoms with Crippen molar-refractivity contribution < 1.29 is 4.74 Å². The van der Waals surface area contributed by atoms with Gasteiger partial charge in [-0.2, -0.15) is 0 Å². The van der Waals surface area contributed by atoms with Crippen LogP contribution in [0.2, 0.25) is 0 Å². The van der Waals surface area contributed by atoms with Gasteiger partial charge in [0.2, 0.25) is 0 Å². The molecule has 0 unspecified atom stereocenters. The Labute approximate surface area is 147 Å². The lowest BCUT2D eigenvalue weighted by molar-refractivity contribution is 0.410. The Hall–Kier alpha value is -3.32. The van der Waals surface area contributed by atoms with Crippen molar-refractivity contribution in [3.8, 4) is 0 Å². The summed E-state index contributed by atoms with van der Waals surface area (Å²) in [5.41, 5.74) is 2.25. The molecule has 0 aliphatic heterocycles. The Morgan fingerprint density at radius 2 is 0.920 bits per heavy atom. The number of ether oxygens (including phenoxy) is 1. The fourth-order valence-electron chi connectivity index (χ4n) is 2.90. The van der Waals surface area contributed by atoms with Crippen LogP contribution in [0.5, 0.6) is 0 Å². The third-order valence-corrected chi connectivity index (χ3v) is 4.23. The lowest BCUT2D eigenvalue weighted by Gasteiger charge is -2.00. The van der Waals surface area contributed by atoms with E-state index >= 15 is 0 Å². The Morgan fingerprint density at radius 1 is 0.480 bits per heavy atom. The number of benzene rings is 4. The summed E-state index contributed by atoms with van der Waals surface area (Å²) in [6.45, 7) is 0. The van der Waals surface area contributed by atoms with Crippen molar-refractivity contribution >= 4 is 33.7 Å². The first-order valence-electron chi connectivity index (χ1n) is 8.35. The summed E-state index contributed by atoms with van der Waals surface area (Å²) in [4.78, 5) is 0. The van der Waals surface area contributed by atoms with Crippen LogP contribution in [-0.4, -0.2) is 0 Å². The van der Waals surface area contributed by atoms with E-state index in [1.165, 1.54) is 21.5 Å². The first-order chi connectivity index (χ1) is 12.4. The average Bonchev–Trinajstić information content (AvgIpc) is 2.67. The summed E-state index contributed by atoms with van der Waals surface area (Å²) in [5, 5.41) is 4.96. The van der Waals surface area contributed by atoms with E-state index < -0.39 is 0 Å². The van der Waals surface area contributed by atoms with E-state index in [2.05, 4.69) is 84.9 Å². The van der Waals surface area contributed by atoms with Gasteiger partial charge in [0, 0.05) is 0 Å². The minimum atomic E-state index is 1.12. The number of hydrogen-bond acceptors (Lipinski definition) is 1. The van der Waals surface area contributed by atoms with Gasteiger partial charge in [-0.3, -0.25) is 0 Å². The SMILES string of the molecule is C(=C\c1ccc2ccccc2c1)/O/C=C/c1ccc2ccccc2c1. The normalized spacial score (nSPS) is 11.7. The molecular formula is C24H18O. The van der Waals surface area contributed by atoms with Gasteiger partial charge in [-0.25, -0.2) is 0 Å². The van der Waals surface area contributed by atoms with Crippen LogP contribution in [0.3, 0.4) is 0 Å². The number of hydrogen-bond donors (Lipinski definition) is 0. The van der Waals surface area contributed by atoms with Crippen LogP contribution in [0, 0.1) is 0 Å². The second-order valence-corrected chi connectivity index (χ2v) is 5.95. The largest absolute Gasteiger partial charge is 0.473 e. The van der Waals surface area contributed by atoms with Gasteiger partial charge in [-0.05, 0) is 57.0 Å². The predicted octanol–water partition coefficient (Wildman–Crippen LogP) is 6.65. The quantitative estimate of drug-likeness (QED) is 0.382. The van der Waals surface area contributed by atoms with Gasteiger partial charge in [0.05, 0.1) is 12.5 Å². The summed E-state index contributed by atoms with van der Waals surface area (Å²) in [6.07, 6.45) is 7.36. The molecule has 0 bridgehead atoms. The zero-order chi connectivity index (χ0) is 16.9. The highest BCUT2D eigenvalue weighted by Crippen LogP contribution is 2.17. The van der Waals surface area contributed by atoms with E-state index in [0.717, 1.165) is 11.1 Å². The Morgan fingerprint density at radius 3 is 1.40 bits per heavy atom. The molecule has 4 aromatic rings. The highest BCUT2D eigenvalue weighted by Gasteiger charge is 1.94. The molecule has 0 N–H and O–H groups in total.